The lowest BCUT2D eigenvalue weighted by molar-refractivity contribution is -0.384. The monoisotopic (exact) mass is 431 g/mol. The lowest BCUT2D eigenvalue weighted by Crippen LogP contribution is -2.50. The number of benzene rings is 2. The molecule has 7 nitrogen and oxygen atoms in total. The first kappa shape index (κ1) is 21.9. The maximum absolute atomic E-state index is 12.5. The van der Waals surface area contributed by atoms with Crippen LogP contribution in [0, 0.1) is 10.1 Å². The topological polar surface area (TPSA) is 75.9 Å². The number of amides is 1. The normalized spacial score (nSPS) is 15.0. The summed E-state index contributed by atoms with van der Waals surface area (Å²) in [6, 6.07) is 12.5. The summed E-state index contributed by atoms with van der Waals surface area (Å²) in [6.45, 7) is 6.15. The van der Waals surface area contributed by atoms with Crippen LogP contribution in [-0.4, -0.2) is 48.5 Å². The van der Waals surface area contributed by atoms with Gasteiger partial charge in [-0.3, -0.25) is 14.9 Å². The molecule has 1 aliphatic rings. The van der Waals surface area contributed by atoms with Crippen LogP contribution in [0.25, 0.3) is 0 Å². The SMILES string of the molecule is CCC(C)c1ccc(OCC(=O)N2CCN(c3c(Cl)cccc3[N+](=O)[O-])CC2)cc1. The van der Waals surface area contributed by atoms with Crippen molar-refractivity contribution in [1.29, 1.82) is 0 Å². The smallest absolute Gasteiger partial charge is 0.294 e. The van der Waals surface area contributed by atoms with E-state index in [2.05, 4.69) is 13.8 Å². The third-order valence-corrected chi connectivity index (χ3v) is 5.84. The molecule has 0 aliphatic carbocycles. The van der Waals surface area contributed by atoms with Crippen LogP contribution < -0.4 is 9.64 Å². The van der Waals surface area contributed by atoms with Gasteiger partial charge in [0.1, 0.15) is 11.4 Å². The van der Waals surface area contributed by atoms with E-state index in [0.29, 0.717) is 48.6 Å². The van der Waals surface area contributed by atoms with Gasteiger partial charge < -0.3 is 14.5 Å². The Balaban J connectivity index is 1.54. The molecule has 0 spiro atoms. The molecule has 0 bridgehead atoms. The van der Waals surface area contributed by atoms with Crippen molar-refractivity contribution in [2.75, 3.05) is 37.7 Å². The summed E-state index contributed by atoms with van der Waals surface area (Å²) in [7, 11) is 0. The summed E-state index contributed by atoms with van der Waals surface area (Å²) in [5.41, 5.74) is 1.64. The van der Waals surface area contributed by atoms with Gasteiger partial charge in [-0.05, 0) is 36.1 Å². The molecule has 30 heavy (non-hydrogen) atoms. The molecule has 1 unspecified atom stereocenters. The molecule has 0 N–H and O–H groups in total. The molecule has 2 aromatic rings. The lowest BCUT2D eigenvalue weighted by Gasteiger charge is -2.36. The molecular formula is C22H26ClN3O4. The molecule has 1 heterocycles. The van der Waals surface area contributed by atoms with Gasteiger partial charge in [-0.15, -0.1) is 0 Å². The van der Waals surface area contributed by atoms with Crippen molar-refractivity contribution in [1.82, 2.24) is 4.90 Å². The van der Waals surface area contributed by atoms with Crippen molar-refractivity contribution >= 4 is 28.9 Å². The van der Waals surface area contributed by atoms with E-state index in [9.17, 15) is 14.9 Å². The summed E-state index contributed by atoms with van der Waals surface area (Å²) in [4.78, 5) is 27.0. The van der Waals surface area contributed by atoms with E-state index in [1.54, 1.807) is 17.0 Å². The summed E-state index contributed by atoms with van der Waals surface area (Å²) >= 11 is 6.22. The highest BCUT2D eigenvalue weighted by Crippen LogP contribution is 2.35. The van der Waals surface area contributed by atoms with Crippen LogP contribution in [0.15, 0.2) is 42.5 Å². The van der Waals surface area contributed by atoms with Gasteiger partial charge in [-0.25, -0.2) is 0 Å². The number of carbonyl (C=O) groups is 1. The third-order valence-electron chi connectivity index (χ3n) is 5.53. The van der Waals surface area contributed by atoms with Crippen LogP contribution in [0.5, 0.6) is 5.75 Å². The van der Waals surface area contributed by atoms with Crippen LogP contribution in [0.4, 0.5) is 11.4 Å². The molecule has 1 saturated heterocycles. The van der Waals surface area contributed by atoms with Crippen LogP contribution in [0.1, 0.15) is 31.7 Å². The van der Waals surface area contributed by atoms with Gasteiger partial charge >= 0.3 is 0 Å². The van der Waals surface area contributed by atoms with E-state index in [1.807, 2.05) is 29.2 Å². The molecule has 8 heteroatoms. The number of anilines is 1. The molecule has 1 amide bonds. The highest BCUT2D eigenvalue weighted by Gasteiger charge is 2.27. The van der Waals surface area contributed by atoms with Crippen LogP contribution in [-0.2, 0) is 4.79 Å². The lowest BCUT2D eigenvalue weighted by atomic mass is 9.99. The number of nitro groups is 1. The van der Waals surface area contributed by atoms with E-state index in [1.165, 1.54) is 11.6 Å². The largest absolute Gasteiger partial charge is 0.484 e. The van der Waals surface area contributed by atoms with Crippen LogP contribution in [0.3, 0.4) is 0 Å². The average Bonchev–Trinajstić information content (AvgIpc) is 2.77. The van der Waals surface area contributed by atoms with Gasteiger partial charge in [0.2, 0.25) is 0 Å². The quantitative estimate of drug-likeness (QED) is 0.477. The zero-order valence-electron chi connectivity index (χ0n) is 17.2. The van der Waals surface area contributed by atoms with Crippen molar-refractivity contribution in [3.05, 3.63) is 63.2 Å². The highest BCUT2D eigenvalue weighted by molar-refractivity contribution is 6.33. The number of hydrogen-bond acceptors (Lipinski definition) is 5. The first-order chi connectivity index (χ1) is 14.4. The van der Waals surface area contributed by atoms with Crippen molar-refractivity contribution in [3.8, 4) is 5.75 Å². The maximum Gasteiger partial charge on any atom is 0.294 e. The van der Waals surface area contributed by atoms with E-state index >= 15 is 0 Å². The maximum atomic E-state index is 12.5. The number of hydrogen-bond donors (Lipinski definition) is 0. The van der Waals surface area contributed by atoms with E-state index in [0.717, 1.165) is 6.42 Å². The molecular weight excluding hydrogens is 406 g/mol. The first-order valence-corrected chi connectivity index (χ1v) is 10.5. The fourth-order valence-corrected chi connectivity index (χ4v) is 3.80. The van der Waals surface area contributed by atoms with Crippen LogP contribution in [0.2, 0.25) is 5.02 Å². The minimum Gasteiger partial charge on any atom is -0.484 e. The Labute approximate surface area is 181 Å². The molecule has 0 saturated carbocycles. The van der Waals surface area contributed by atoms with Crippen molar-refractivity contribution in [3.63, 3.8) is 0 Å². The Kier molecular flexibility index (Phi) is 7.15. The number of halogens is 1. The molecule has 1 aliphatic heterocycles. The van der Waals surface area contributed by atoms with Crippen LogP contribution >= 0.6 is 11.6 Å². The number of nitrogens with zero attached hydrogens (tertiary/aromatic N) is 3. The number of nitro benzene ring substituents is 1. The summed E-state index contributed by atoms with van der Waals surface area (Å²) in [5, 5.41) is 11.7. The number of rotatable bonds is 7. The van der Waals surface area contributed by atoms with E-state index in [-0.39, 0.29) is 18.2 Å². The molecule has 1 atom stereocenters. The standard InChI is InChI=1S/C22H26ClN3O4/c1-3-16(2)17-7-9-18(10-8-17)30-15-21(27)24-11-13-25(14-12-24)22-19(23)5-4-6-20(22)26(28)29/h4-10,16H,3,11-15H2,1-2H3. The summed E-state index contributed by atoms with van der Waals surface area (Å²) in [5.74, 6) is 1.06. The Bertz CT molecular complexity index is 896. The number of ether oxygens (including phenoxy) is 1. The molecule has 0 aromatic heterocycles. The van der Waals surface area contributed by atoms with E-state index < -0.39 is 4.92 Å². The third kappa shape index (κ3) is 5.02. The Morgan fingerprint density at radius 3 is 2.43 bits per heavy atom. The van der Waals surface area contributed by atoms with Gasteiger partial charge in [0.15, 0.2) is 6.61 Å². The number of piperazine rings is 1. The Morgan fingerprint density at radius 1 is 1.17 bits per heavy atom. The predicted molar refractivity (Wildman–Crippen MR) is 118 cm³/mol. The number of para-hydroxylation sites is 1. The second kappa shape index (κ2) is 9.80. The molecule has 160 valence electrons. The van der Waals surface area contributed by atoms with Gasteiger partial charge in [-0.1, -0.05) is 43.6 Å². The summed E-state index contributed by atoms with van der Waals surface area (Å²) in [6.07, 6.45) is 1.07. The zero-order valence-corrected chi connectivity index (χ0v) is 18.0. The second-order valence-corrected chi connectivity index (χ2v) is 7.81. The van der Waals surface area contributed by atoms with Gasteiger partial charge in [0.05, 0.1) is 9.95 Å². The second-order valence-electron chi connectivity index (χ2n) is 7.40. The minimum atomic E-state index is -0.431. The molecule has 1 fully saturated rings. The van der Waals surface area contributed by atoms with Gasteiger partial charge in [0, 0.05) is 32.2 Å². The molecule has 3 rings (SSSR count). The van der Waals surface area contributed by atoms with Gasteiger partial charge in [0.25, 0.3) is 11.6 Å². The first-order valence-electron chi connectivity index (χ1n) is 10.1. The van der Waals surface area contributed by atoms with Gasteiger partial charge in [-0.2, -0.15) is 0 Å². The Hall–Kier alpha value is -2.80. The van der Waals surface area contributed by atoms with Crippen molar-refractivity contribution in [2.24, 2.45) is 0 Å². The minimum absolute atomic E-state index is 0.0218. The summed E-state index contributed by atoms with van der Waals surface area (Å²) < 4.78 is 5.66. The number of carbonyl (C=O) groups excluding carboxylic acids is 1. The van der Waals surface area contributed by atoms with Crippen molar-refractivity contribution in [2.45, 2.75) is 26.2 Å². The fraction of sp³-hybridized carbons (Fsp3) is 0.409. The fourth-order valence-electron chi connectivity index (χ4n) is 3.51. The zero-order chi connectivity index (χ0) is 21.7. The van der Waals surface area contributed by atoms with E-state index in [4.69, 9.17) is 16.3 Å². The van der Waals surface area contributed by atoms with Crippen molar-refractivity contribution < 1.29 is 14.5 Å². The Morgan fingerprint density at radius 2 is 1.83 bits per heavy atom. The average molecular weight is 432 g/mol. The molecule has 0 radical (unpaired) electrons. The predicted octanol–water partition coefficient (Wildman–Crippen LogP) is 4.49. The molecule has 2 aromatic carbocycles. The highest BCUT2D eigenvalue weighted by atomic mass is 35.5.